The van der Waals surface area contributed by atoms with E-state index in [1.54, 1.807) is 24.3 Å². The SMILES string of the molecule is COc1cc(/C=C2\SC(=O)N(Cc3ccc4ccccc4c3)C2=O)ccc1OCC(=O)Nc1cc(C)ccc1C. The molecular formula is C32H28N2O5S. The number of amides is 3. The molecule has 0 bridgehead atoms. The van der Waals surface area contributed by atoms with E-state index in [1.165, 1.54) is 12.0 Å². The molecule has 0 radical (unpaired) electrons. The van der Waals surface area contributed by atoms with Crippen LogP contribution in [0.2, 0.25) is 0 Å². The molecule has 4 aromatic carbocycles. The fraction of sp³-hybridized carbons (Fsp3) is 0.156. The van der Waals surface area contributed by atoms with Crippen LogP contribution in [-0.4, -0.2) is 35.7 Å². The van der Waals surface area contributed by atoms with Crippen molar-refractivity contribution in [2.45, 2.75) is 20.4 Å². The van der Waals surface area contributed by atoms with Gasteiger partial charge in [-0.25, -0.2) is 0 Å². The van der Waals surface area contributed by atoms with Gasteiger partial charge in [0.05, 0.1) is 18.6 Å². The van der Waals surface area contributed by atoms with Gasteiger partial charge in [-0.05, 0) is 89.0 Å². The Labute approximate surface area is 236 Å². The maximum atomic E-state index is 13.1. The van der Waals surface area contributed by atoms with Crippen molar-refractivity contribution in [1.29, 1.82) is 0 Å². The smallest absolute Gasteiger partial charge is 0.293 e. The molecule has 4 aromatic rings. The first-order valence-corrected chi connectivity index (χ1v) is 13.5. The molecule has 1 aliphatic heterocycles. The number of thioether (sulfide) groups is 1. The van der Waals surface area contributed by atoms with Gasteiger partial charge in [0.2, 0.25) is 0 Å². The van der Waals surface area contributed by atoms with Gasteiger partial charge < -0.3 is 14.8 Å². The molecule has 3 amide bonds. The number of imide groups is 1. The van der Waals surface area contributed by atoms with Gasteiger partial charge in [0.1, 0.15) is 0 Å². The molecule has 8 heteroatoms. The third-order valence-corrected chi connectivity index (χ3v) is 7.45. The lowest BCUT2D eigenvalue weighted by molar-refractivity contribution is -0.123. The van der Waals surface area contributed by atoms with E-state index in [9.17, 15) is 14.4 Å². The predicted molar refractivity (Wildman–Crippen MR) is 158 cm³/mol. The van der Waals surface area contributed by atoms with Gasteiger partial charge >= 0.3 is 0 Å². The lowest BCUT2D eigenvalue weighted by atomic mass is 10.1. The molecule has 1 heterocycles. The van der Waals surface area contributed by atoms with Crippen LogP contribution < -0.4 is 14.8 Å². The number of hydrogen-bond acceptors (Lipinski definition) is 6. The molecule has 1 aliphatic rings. The molecule has 1 fully saturated rings. The van der Waals surface area contributed by atoms with Crippen LogP contribution in [0.15, 0.2) is 83.8 Å². The number of carbonyl (C=O) groups excluding carboxylic acids is 3. The van der Waals surface area contributed by atoms with Crippen LogP contribution in [0.3, 0.4) is 0 Å². The van der Waals surface area contributed by atoms with E-state index in [0.29, 0.717) is 22.0 Å². The van der Waals surface area contributed by atoms with E-state index in [0.717, 1.165) is 44.9 Å². The molecule has 0 unspecified atom stereocenters. The molecular weight excluding hydrogens is 524 g/mol. The van der Waals surface area contributed by atoms with Gasteiger partial charge in [-0.2, -0.15) is 0 Å². The van der Waals surface area contributed by atoms with E-state index in [1.807, 2.05) is 74.5 Å². The lowest BCUT2D eigenvalue weighted by Gasteiger charge is -2.13. The number of aryl methyl sites for hydroxylation is 2. The third kappa shape index (κ3) is 6.02. The molecule has 0 saturated carbocycles. The molecule has 0 atom stereocenters. The first-order chi connectivity index (χ1) is 19.3. The minimum absolute atomic E-state index is 0.198. The Bertz CT molecular complexity index is 1660. The van der Waals surface area contributed by atoms with Gasteiger partial charge in [-0.1, -0.05) is 54.6 Å². The topological polar surface area (TPSA) is 84.9 Å². The summed E-state index contributed by atoms with van der Waals surface area (Å²) in [5, 5.41) is 4.71. The summed E-state index contributed by atoms with van der Waals surface area (Å²) < 4.78 is 11.2. The highest BCUT2D eigenvalue weighted by molar-refractivity contribution is 8.18. The summed E-state index contributed by atoms with van der Waals surface area (Å²) in [7, 11) is 1.50. The van der Waals surface area contributed by atoms with Crippen LogP contribution in [0.1, 0.15) is 22.3 Å². The van der Waals surface area contributed by atoms with Crippen LogP contribution in [0.5, 0.6) is 11.5 Å². The summed E-state index contributed by atoms with van der Waals surface area (Å²) in [6, 6.07) is 24.8. The van der Waals surface area contributed by atoms with Gasteiger partial charge in [0.25, 0.3) is 17.1 Å². The number of ether oxygens (including phenoxy) is 2. The average molecular weight is 553 g/mol. The van der Waals surface area contributed by atoms with Crippen molar-refractivity contribution >= 4 is 51.4 Å². The maximum Gasteiger partial charge on any atom is 0.293 e. The van der Waals surface area contributed by atoms with Gasteiger partial charge in [0, 0.05) is 5.69 Å². The fourth-order valence-electron chi connectivity index (χ4n) is 4.40. The number of nitrogens with zero attached hydrogens (tertiary/aromatic N) is 1. The predicted octanol–water partition coefficient (Wildman–Crippen LogP) is 6.72. The number of nitrogens with one attached hydrogen (secondary N) is 1. The number of fused-ring (bicyclic) bond motifs is 1. The standard InChI is InChI=1S/C32H28N2O5S/c1-20-8-9-21(2)26(14-20)33-30(35)19-39-27-13-11-22(16-28(27)38-3)17-29-31(36)34(32(37)40-29)18-23-10-12-24-6-4-5-7-25(24)15-23/h4-17H,18-19H2,1-3H3,(H,33,35)/b29-17-. The Kier molecular flexibility index (Phi) is 7.89. The molecule has 202 valence electrons. The summed E-state index contributed by atoms with van der Waals surface area (Å²) >= 11 is 0.908. The molecule has 1 saturated heterocycles. The summed E-state index contributed by atoms with van der Waals surface area (Å²) in [4.78, 5) is 39.9. The lowest BCUT2D eigenvalue weighted by Crippen LogP contribution is -2.27. The Balaban J connectivity index is 1.25. The highest BCUT2D eigenvalue weighted by atomic mass is 32.2. The van der Waals surface area contributed by atoms with Crippen molar-refractivity contribution in [3.8, 4) is 11.5 Å². The summed E-state index contributed by atoms with van der Waals surface area (Å²) in [5.41, 5.74) is 4.30. The average Bonchev–Trinajstić information content (AvgIpc) is 3.21. The number of anilines is 1. The summed E-state index contributed by atoms with van der Waals surface area (Å²) in [6.45, 7) is 3.89. The van der Waals surface area contributed by atoms with Crippen molar-refractivity contribution in [2.75, 3.05) is 19.0 Å². The number of carbonyl (C=O) groups is 3. The van der Waals surface area contributed by atoms with Crippen LogP contribution in [-0.2, 0) is 16.1 Å². The number of methoxy groups -OCH3 is 1. The van der Waals surface area contributed by atoms with Crippen LogP contribution >= 0.6 is 11.8 Å². The number of hydrogen-bond donors (Lipinski definition) is 1. The second-order valence-corrected chi connectivity index (χ2v) is 10.5. The zero-order valence-electron chi connectivity index (χ0n) is 22.4. The summed E-state index contributed by atoms with van der Waals surface area (Å²) in [5.74, 6) is 0.161. The Morgan fingerprint density at radius 1 is 0.925 bits per heavy atom. The fourth-order valence-corrected chi connectivity index (χ4v) is 5.24. The second kappa shape index (κ2) is 11.7. The van der Waals surface area contributed by atoms with E-state index < -0.39 is 0 Å². The molecule has 1 N–H and O–H groups in total. The minimum Gasteiger partial charge on any atom is -0.493 e. The zero-order chi connectivity index (χ0) is 28.2. The highest BCUT2D eigenvalue weighted by Crippen LogP contribution is 2.35. The van der Waals surface area contributed by atoms with E-state index in [2.05, 4.69) is 5.32 Å². The largest absolute Gasteiger partial charge is 0.493 e. The van der Waals surface area contributed by atoms with Crippen LogP contribution in [0, 0.1) is 13.8 Å². The van der Waals surface area contributed by atoms with E-state index in [-0.39, 0.29) is 30.2 Å². The van der Waals surface area contributed by atoms with Crippen molar-refractivity contribution in [2.24, 2.45) is 0 Å². The number of rotatable bonds is 8. The van der Waals surface area contributed by atoms with Gasteiger partial charge in [-0.3, -0.25) is 19.3 Å². The first kappa shape index (κ1) is 27.0. The Morgan fingerprint density at radius 2 is 1.73 bits per heavy atom. The molecule has 5 rings (SSSR count). The molecule has 7 nitrogen and oxygen atoms in total. The van der Waals surface area contributed by atoms with E-state index in [4.69, 9.17) is 9.47 Å². The van der Waals surface area contributed by atoms with Gasteiger partial charge in [-0.15, -0.1) is 0 Å². The highest BCUT2D eigenvalue weighted by Gasteiger charge is 2.35. The molecule has 0 aliphatic carbocycles. The second-order valence-electron chi connectivity index (χ2n) is 9.51. The summed E-state index contributed by atoms with van der Waals surface area (Å²) in [6.07, 6.45) is 1.66. The molecule has 40 heavy (non-hydrogen) atoms. The molecule has 0 aromatic heterocycles. The van der Waals surface area contributed by atoms with Crippen LogP contribution in [0.25, 0.3) is 16.8 Å². The Morgan fingerprint density at radius 3 is 2.52 bits per heavy atom. The zero-order valence-corrected chi connectivity index (χ0v) is 23.2. The maximum absolute atomic E-state index is 13.1. The normalized spacial score (nSPS) is 14.2. The Hall–Kier alpha value is -4.56. The monoisotopic (exact) mass is 552 g/mol. The van der Waals surface area contributed by atoms with Crippen molar-refractivity contribution < 1.29 is 23.9 Å². The molecule has 0 spiro atoms. The van der Waals surface area contributed by atoms with Crippen molar-refractivity contribution in [1.82, 2.24) is 4.90 Å². The minimum atomic E-state index is -0.342. The van der Waals surface area contributed by atoms with Crippen LogP contribution in [0.4, 0.5) is 10.5 Å². The quantitative estimate of drug-likeness (QED) is 0.244. The van der Waals surface area contributed by atoms with Gasteiger partial charge in [0.15, 0.2) is 18.1 Å². The van der Waals surface area contributed by atoms with E-state index >= 15 is 0 Å². The van der Waals surface area contributed by atoms with Crippen molar-refractivity contribution in [3.63, 3.8) is 0 Å². The third-order valence-electron chi connectivity index (χ3n) is 6.54. The first-order valence-electron chi connectivity index (χ1n) is 12.7. The number of benzene rings is 4. The van der Waals surface area contributed by atoms with Crippen molar-refractivity contribution in [3.05, 3.63) is 106 Å².